The van der Waals surface area contributed by atoms with Gasteiger partial charge in [0.1, 0.15) is 0 Å². The van der Waals surface area contributed by atoms with Crippen LogP contribution in [0.3, 0.4) is 0 Å². The summed E-state index contributed by atoms with van der Waals surface area (Å²) in [5.74, 6) is -6.30. The zero-order valence-electron chi connectivity index (χ0n) is 7.67. The van der Waals surface area contributed by atoms with E-state index in [1.807, 2.05) is 0 Å². The summed E-state index contributed by atoms with van der Waals surface area (Å²) >= 11 is 0. The fourth-order valence-electron chi connectivity index (χ4n) is 1.06. The number of hydrogen-bond acceptors (Lipinski definition) is 1. The van der Waals surface area contributed by atoms with E-state index in [2.05, 4.69) is 5.32 Å². The zero-order chi connectivity index (χ0) is 10.9. The standard InChI is InChI=1S/C9H9F4N/c1-4(14-2)5-3-6(10)8(12)9(13)7(5)11/h3-4,14H,1-2H3. The van der Waals surface area contributed by atoms with Crippen LogP contribution in [0.15, 0.2) is 6.07 Å². The van der Waals surface area contributed by atoms with Gasteiger partial charge in [0.15, 0.2) is 23.3 Å². The Balaban J connectivity index is 3.33. The molecule has 0 bridgehead atoms. The van der Waals surface area contributed by atoms with Crippen LogP contribution in [0.5, 0.6) is 0 Å². The molecule has 1 N–H and O–H groups in total. The molecule has 1 aromatic rings. The van der Waals surface area contributed by atoms with E-state index in [-0.39, 0.29) is 5.56 Å². The summed E-state index contributed by atoms with van der Waals surface area (Å²) in [6, 6.07) is 0.0640. The third kappa shape index (κ3) is 1.72. The van der Waals surface area contributed by atoms with Gasteiger partial charge in [0.05, 0.1) is 0 Å². The fourth-order valence-corrected chi connectivity index (χ4v) is 1.06. The second kappa shape index (κ2) is 3.96. The smallest absolute Gasteiger partial charge is 0.197 e. The maximum absolute atomic E-state index is 13.1. The van der Waals surface area contributed by atoms with E-state index in [1.54, 1.807) is 0 Å². The van der Waals surface area contributed by atoms with E-state index < -0.39 is 29.3 Å². The summed E-state index contributed by atoms with van der Waals surface area (Å²) in [5.41, 5.74) is -0.232. The number of hydrogen-bond donors (Lipinski definition) is 1. The van der Waals surface area contributed by atoms with Crippen molar-refractivity contribution in [1.29, 1.82) is 0 Å². The van der Waals surface area contributed by atoms with Crippen molar-refractivity contribution in [1.82, 2.24) is 5.32 Å². The molecule has 0 radical (unpaired) electrons. The normalized spacial score (nSPS) is 13.0. The lowest BCUT2D eigenvalue weighted by molar-refractivity contribution is 0.397. The highest BCUT2D eigenvalue weighted by atomic mass is 19.2. The van der Waals surface area contributed by atoms with Crippen LogP contribution < -0.4 is 5.32 Å². The van der Waals surface area contributed by atoms with Crippen molar-refractivity contribution in [2.24, 2.45) is 0 Å². The predicted molar refractivity (Wildman–Crippen MR) is 43.7 cm³/mol. The minimum Gasteiger partial charge on any atom is -0.313 e. The summed E-state index contributed by atoms with van der Waals surface area (Å²) in [7, 11) is 1.50. The molecular formula is C9H9F4N. The van der Waals surface area contributed by atoms with Gasteiger partial charge in [0, 0.05) is 11.6 Å². The predicted octanol–water partition coefficient (Wildman–Crippen LogP) is 2.52. The summed E-state index contributed by atoms with van der Waals surface area (Å²) in [4.78, 5) is 0. The Morgan fingerprint density at radius 3 is 2.14 bits per heavy atom. The minimum atomic E-state index is -1.78. The van der Waals surface area contributed by atoms with Gasteiger partial charge in [-0.1, -0.05) is 0 Å². The van der Waals surface area contributed by atoms with Crippen LogP contribution in [0, 0.1) is 23.3 Å². The highest BCUT2D eigenvalue weighted by molar-refractivity contribution is 5.24. The molecule has 1 rings (SSSR count). The SMILES string of the molecule is CNC(C)c1cc(F)c(F)c(F)c1F. The summed E-state index contributed by atoms with van der Waals surface area (Å²) in [6.07, 6.45) is 0. The van der Waals surface area contributed by atoms with E-state index in [9.17, 15) is 17.6 Å². The van der Waals surface area contributed by atoms with Crippen LogP contribution >= 0.6 is 0 Å². The highest BCUT2D eigenvalue weighted by Crippen LogP contribution is 2.23. The van der Waals surface area contributed by atoms with Crippen molar-refractivity contribution in [2.45, 2.75) is 13.0 Å². The van der Waals surface area contributed by atoms with Crippen molar-refractivity contribution in [3.8, 4) is 0 Å². The van der Waals surface area contributed by atoms with Crippen molar-refractivity contribution < 1.29 is 17.6 Å². The molecule has 0 spiro atoms. The first-order chi connectivity index (χ1) is 6.49. The molecule has 0 heterocycles. The van der Waals surface area contributed by atoms with Crippen LogP contribution in [-0.4, -0.2) is 7.05 Å². The molecule has 0 aliphatic rings. The number of benzene rings is 1. The average molecular weight is 207 g/mol. The zero-order valence-corrected chi connectivity index (χ0v) is 7.67. The highest BCUT2D eigenvalue weighted by Gasteiger charge is 2.21. The lowest BCUT2D eigenvalue weighted by Gasteiger charge is -2.12. The second-order valence-corrected chi connectivity index (χ2v) is 2.90. The summed E-state index contributed by atoms with van der Waals surface area (Å²) in [5, 5.41) is 2.60. The molecule has 0 aliphatic heterocycles. The van der Waals surface area contributed by atoms with Gasteiger partial charge in [-0.2, -0.15) is 0 Å². The number of nitrogens with one attached hydrogen (secondary N) is 1. The van der Waals surface area contributed by atoms with Gasteiger partial charge in [0.25, 0.3) is 0 Å². The molecular weight excluding hydrogens is 198 g/mol. The molecule has 1 atom stereocenters. The average Bonchev–Trinajstić information content (AvgIpc) is 2.19. The Kier molecular flexibility index (Phi) is 3.10. The molecule has 1 nitrogen and oxygen atoms in total. The topological polar surface area (TPSA) is 12.0 Å². The van der Waals surface area contributed by atoms with E-state index in [0.29, 0.717) is 6.07 Å². The van der Waals surface area contributed by atoms with Gasteiger partial charge < -0.3 is 5.32 Å². The fraction of sp³-hybridized carbons (Fsp3) is 0.333. The molecule has 0 saturated carbocycles. The third-order valence-electron chi connectivity index (χ3n) is 2.03. The minimum absolute atomic E-state index is 0.232. The first-order valence-electron chi connectivity index (χ1n) is 3.99. The Morgan fingerprint density at radius 2 is 1.64 bits per heavy atom. The van der Waals surface area contributed by atoms with Gasteiger partial charge in [-0.15, -0.1) is 0 Å². The first-order valence-corrected chi connectivity index (χ1v) is 3.99. The van der Waals surface area contributed by atoms with Crippen LogP contribution in [0.4, 0.5) is 17.6 Å². The van der Waals surface area contributed by atoms with E-state index in [0.717, 1.165) is 0 Å². The van der Waals surface area contributed by atoms with Gasteiger partial charge in [-0.3, -0.25) is 0 Å². The number of rotatable bonds is 2. The third-order valence-corrected chi connectivity index (χ3v) is 2.03. The lowest BCUT2D eigenvalue weighted by Crippen LogP contribution is -2.16. The first kappa shape index (κ1) is 11.0. The second-order valence-electron chi connectivity index (χ2n) is 2.90. The summed E-state index contributed by atoms with van der Waals surface area (Å²) < 4.78 is 51.0. The molecule has 78 valence electrons. The molecule has 1 unspecified atom stereocenters. The van der Waals surface area contributed by atoms with E-state index in [1.165, 1.54) is 14.0 Å². The van der Waals surface area contributed by atoms with Crippen LogP contribution in [0.2, 0.25) is 0 Å². The van der Waals surface area contributed by atoms with Gasteiger partial charge in [-0.05, 0) is 20.0 Å². The lowest BCUT2D eigenvalue weighted by atomic mass is 10.1. The molecule has 0 amide bonds. The molecule has 14 heavy (non-hydrogen) atoms. The quantitative estimate of drug-likeness (QED) is 0.446. The van der Waals surface area contributed by atoms with Gasteiger partial charge >= 0.3 is 0 Å². The van der Waals surface area contributed by atoms with Crippen molar-refractivity contribution in [3.63, 3.8) is 0 Å². The van der Waals surface area contributed by atoms with Crippen molar-refractivity contribution in [2.75, 3.05) is 7.05 Å². The molecule has 0 aromatic heterocycles. The molecule has 0 saturated heterocycles. The van der Waals surface area contributed by atoms with Crippen LogP contribution in [0.25, 0.3) is 0 Å². The van der Waals surface area contributed by atoms with Crippen molar-refractivity contribution in [3.05, 3.63) is 34.9 Å². The Morgan fingerprint density at radius 1 is 1.07 bits per heavy atom. The molecule has 1 aromatic carbocycles. The maximum Gasteiger partial charge on any atom is 0.197 e. The summed E-state index contributed by atoms with van der Waals surface area (Å²) in [6.45, 7) is 1.51. The Bertz CT molecular complexity index is 351. The molecule has 0 fully saturated rings. The number of halogens is 4. The van der Waals surface area contributed by atoms with Crippen molar-refractivity contribution >= 4 is 0 Å². The monoisotopic (exact) mass is 207 g/mol. The van der Waals surface area contributed by atoms with E-state index in [4.69, 9.17) is 0 Å². The Hall–Kier alpha value is -1.10. The molecule has 0 aliphatic carbocycles. The van der Waals surface area contributed by atoms with E-state index >= 15 is 0 Å². The maximum atomic E-state index is 13.1. The van der Waals surface area contributed by atoms with Crippen LogP contribution in [-0.2, 0) is 0 Å². The van der Waals surface area contributed by atoms with Gasteiger partial charge in [0.2, 0.25) is 0 Å². The Labute approximate surface area is 78.7 Å². The largest absolute Gasteiger partial charge is 0.313 e. The van der Waals surface area contributed by atoms with Gasteiger partial charge in [-0.25, -0.2) is 17.6 Å². The van der Waals surface area contributed by atoms with Crippen LogP contribution in [0.1, 0.15) is 18.5 Å². The molecule has 5 heteroatoms.